The van der Waals surface area contributed by atoms with Crippen LogP contribution in [0.3, 0.4) is 0 Å². The summed E-state index contributed by atoms with van der Waals surface area (Å²) >= 11 is 0. The zero-order valence-corrected chi connectivity index (χ0v) is 7.84. The monoisotopic (exact) mass is 173 g/mol. The number of H-pyrrole nitrogens is 1. The minimum atomic E-state index is 0.0156. The van der Waals surface area contributed by atoms with Gasteiger partial charge in [0.1, 0.15) is 0 Å². The fraction of sp³-hybridized carbons (Fsp3) is 0.500. The number of aromatic amines is 1. The first-order valence-corrected chi connectivity index (χ1v) is 4.99. The smallest absolute Gasteiger partial charge is 0.0709 e. The van der Waals surface area contributed by atoms with Crippen molar-refractivity contribution < 1.29 is 0 Å². The first-order chi connectivity index (χ1) is 6.37. The maximum Gasteiger partial charge on any atom is 0.0709 e. The van der Waals surface area contributed by atoms with Crippen LogP contribution in [0.2, 0.25) is 0 Å². The molecule has 0 radical (unpaired) electrons. The molecule has 0 aliphatic heterocycles. The second-order valence-corrected chi connectivity index (χ2v) is 3.87. The van der Waals surface area contributed by atoms with Crippen molar-refractivity contribution in [1.82, 2.24) is 4.98 Å². The molecule has 2 rings (SSSR count). The van der Waals surface area contributed by atoms with Crippen LogP contribution in [0, 0.1) is 12.3 Å². The predicted molar refractivity (Wildman–Crippen MR) is 54.4 cm³/mol. The van der Waals surface area contributed by atoms with Gasteiger partial charge < -0.3 is 4.98 Å². The zero-order chi connectivity index (χ0) is 9.15. The van der Waals surface area contributed by atoms with Crippen molar-refractivity contribution in [3.8, 4) is 12.3 Å². The lowest BCUT2D eigenvalue weighted by atomic mass is 9.72. The Morgan fingerprint density at radius 1 is 1.31 bits per heavy atom. The van der Waals surface area contributed by atoms with Gasteiger partial charge in [-0.3, -0.25) is 0 Å². The van der Waals surface area contributed by atoms with Gasteiger partial charge in [-0.2, -0.15) is 0 Å². The van der Waals surface area contributed by atoms with Crippen LogP contribution in [0.4, 0.5) is 0 Å². The topological polar surface area (TPSA) is 15.8 Å². The van der Waals surface area contributed by atoms with E-state index in [1.165, 1.54) is 25.0 Å². The van der Waals surface area contributed by atoms with Crippen molar-refractivity contribution in [3.05, 3.63) is 24.0 Å². The number of terminal acetylenes is 1. The molecule has 1 N–H and O–H groups in total. The fourth-order valence-electron chi connectivity index (χ4n) is 2.27. The number of rotatable bonds is 1. The molecule has 0 bridgehead atoms. The van der Waals surface area contributed by atoms with E-state index in [4.69, 9.17) is 6.42 Å². The molecule has 0 aromatic carbocycles. The number of hydrogen-bond acceptors (Lipinski definition) is 0. The summed E-state index contributed by atoms with van der Waals surface area (Å²) in [6.07, 6.45) is 13.8. The Kier molecular flexibility index (Phi) is 2.14. The normalized spacial score (nSPS) is 20.8. The summed E-state index contributed by atoms with van der Waals surface area (Å²) in [6, 6.07) is 4.15. The van der Waals surface area contributed by atoms with Gasteiger partial charge >= 0.3 is 0 Å². The summed E-state index contributed by atoms with van der Waals surface area (Å²) in [7, 11) is 0. The molecule has 1 nitrogen and oxygen atoms in total. The summed E-state index contributed by atoms with van der Waals surface area (Å²) < 4.78 is 0. The Morgan fingerprint density at radius 3 is 2.62 bits per heavy atom. The van der Waals surface area contributed by atoms with Gasteiger partial charge in [0.05, 0.1) is 5.41 Å². The van der Waals surface area contributed by atoms with E-state index in [2.05, 4.69) is 17.0 Å². The maximum atomic E-state index is 5.66. The van der Waals surface area contributed by atoms with E-state index in [1.54, 1.807) is 0 Å². The molecule has 0 amide bonds. The third-order valence-electron chi connectivity index (χ3n) is 3.10. The third kappa shape index (κ3) is 1.37. The Labute approximate surface area is 79.6 Å². The first-order valence-electron chi connectivity index (χ1n) is 4.99. The highest BCUT2D eigenvalue weighted by Gasteiger charge is 2.32. The van der Waals surface area contributed by atoms with Gasteiger partial charge in [0.2, 0.25) is 0 Å². The average Bonchev–Trinajstić information content (AvgIpc) is 2.72. The lowest BCUT2D eigenvalue weighted by Gasteiger charge is -2.31. The molecule has 0 atom stereocenters. The second kappa shape index (κ2) is 3.30. The molecule has 0 unspecified atom stereocenters. The molecule has 1 heterocycles. The van der Waals surface area contributed by atoms with Gasteiger partial charge in [-0.1, -0.05) is 25.2 Å². The van der Waals surface area contributed by atoms with E-state index in [0.717, 1.165) is 12.8 Å². The van der Waals surface area contributed by atoms with E-state index in [0.29, 0.717) is 0 Å². The van der Waals surface area contributed by atoms with Crippen molar-refractivity contribution in [3.63, 3.8) is 0 Å². The zero-order valence-electron chi connectivity index (χ0n) is 7.84. The lowest BCUT2D eigenvalue weighted by Crippen LogP contribution is -2.27. The van der Waals surface area contributed by atoms with Crippen LogP contribution in [-0.4, -0.2) is 4.98 Å². The van der Waals surface area contributed by atoms with Gasteiger partial charge in [0.25, 0.3) is 0 Å². The molecular formula is C12H15N. The van der Waals surface area contributed by atoms with E-state index in [1.807, 2.05) is 12.3 Å². The van der Waals surface area contributed by atoms with Crippen molar-refractivity contribution in [2.45, 2.75) is 37.5 Å². The molecule has 1 fully saturated rings. The molecular weight excluding hydrogens is 158 g/mol. The summed E-state index contributed by atoms with van der Waals surface area (Å²) in [6.45, 7) is 0. The second-order valence-electron chi connectivity index (χ2n) is 3.87. The van der Waals surface area contributed by atoms with Crippen LogP contribution in [0.5, 0.6) is 0 Å². The SMILES string of the molecule is C#CC1(c2ccc[nH]2)CCCCC1. The van der Waals surface area contributed by atoms with Crippen molar-refractivity contribution >= 4 is 0 Å². The van der Waals surface area contributed by atoms with E-state index < -0.39 is 0 Å². The van der Waals surface area contributed by atoms with Crippen molar-refractivity contribution in [2.75, 3.05) is 0 Å². The van der Waals surface area contributed by atoms with Crippen LogP contribution in [0.1, 0.15) is 37.8 Å². The van der Waals surface area contributed by atoms with Gasteiger partial charge in [-0.25, -0.2) is 0 Å². The summed E-state index contributed by atoms with van der Waals surface area (Å²) in [5, 5.41) is 0. The first kappa shape index (κ1) is 8.44. The molecule has 1 aromatic rings. The average molecular weight is 173 g/mol. The Morgan fingerprint density at radius 2 is 2.08 bits per heavy atom. The standard InChI is InChI=1S/C12H15N/c1-2-12(8-4-3-5-9-12)11-7-6-10-13-11/h1,6-7,10,13H,3-5,8-9H2. The fourth-order valence-corrected chi connectivity index (χ4v) is 2.27. The molecule has 1 aliphatic rings. The summed E-state index contributed by atoms with van der Waals surface area (Å²) in [4.78, 5) is 3.26. The number of nitrogens with one attached hydrogen (secondary N) is 1. The van der Waals surface area contributed by atoms with Gasteiger partial charge in [0, 0.05) is 11.9 Å². The summed E-state index contributed by atoms with van der Waals surface area (Å²) in [5.41, 5.74) is 1.25. The van der Waals surface area contributed by atoms with Crippen molar-refractivity contribution in [2.24, 2.45) is 0 Å². The van der Waals surface area contributed by atoms with Crippen LogP contribution < -0.4 is 0 Å². The quantitative estimate of drug-likeness (QED) is 0.628. The summed E-state index contributed by atoms with van der Waals surface area (Å²) in [5.74, 6) is 2.99. The van der Waals surface area contributed by atoms with E-state index in [9.17, 15) is 0 Å². The van der Waals surface area contributed by atoms with Crippen molar-refractivity contribution in [1.29, 1.82) is 0 Å². The molecule has 1 heteroatoms. The third-order valence-corrected chi connectivity index (χ3v) is 3.10. The molecule has 68 valence electrons. The van der Waals surface area contributed by atoms with Crippen LogP contribution in [0.25, 0.3) is 0 Å². The Balaban J connectivity index is 2.30. The predicted octanol–water partition coefficient (Wildman–Crippen LogP) is 2.85. The Bertz CT molecular complexity index is 296. The lowest BCUT2D eigenvalue weighted by molar-refractivity contribution is 0.363. The van der Waals surface area contributed by atoms with Crippen LogP contribution >= 0.6 is 0 Å². The van der Waals surface area contributed by atoms with Gasteiger partial charge in [-0.05, 0) is 25.0 Å². The maximum absolute atomic E-state index is 5.66. The number of aromatic nitrogens is 1. The van der Waals surface area contributed by atoms with Gasteiger partial charge in [0.15, 0.2) is 0 Å². The molecule has 1 aromatic heterocycles. The highest BCUT2D eigenvalue weighted by atomic mass is 14.7. The minimum Gasteiger partial charge on any atom is -0.364 e. The van der Waals surface area contributed by atoms with Crippen LogP contribution in [0.15, 0.2) is 18.3 Å². The van der Waals surface area contributed by atoms with E-state index in [-0.39, 0.29) is 5.41 Å². The molecule has 0 spiro atoms. The van der Waals surface area contributed by atoms with Crippen LogP contribution in [-0.2, 0) is 5.41 Å². The number of hydrogen-bond donors (Lipinski definition) is 1. The molecule has 1 saturated carbocycles. The highest BCUT2D eigenvalue weighted by molar-refractivity contribution is 5.29. The molecule has 1 aliphatic carbocycles. The Hall–Kier alpha value is -1.16. The highest BCUT2D eigenvalue weighted by Crippen LogP contribution is 2.37. The molecule has 0 saturated heterocycles. The van der Waals surface area contributed by atoms with E-state index >= 15 is 0 Å². The van der Waals surface area contributed by atoms with Gasteiger partial charge in [-0.15, -0.1) is 6.42 Å². The molecule has 13 heavy (non-hydrogen) atoms. The minimum absolute atomic E-state index is 0.0156. The largest absolute Gasteiger partial charge is 0.364 e.